The van der Waals surface area contributed by atoms with Crippen LogP contribution in [0.4, 0.5) is 0 Å². The topological polar surface area (TPSA) is 99.8 Å². The molecule has 1 aromatic heterocycles. The molecule has 1 unspecified atom stereocenters. The van der Waals surface area contributed by atoms with Crippen LogP contribution in [0.1, 0.15) is 19.6 Å². The molecule has 0 aromatic carbocycles. The van der Waals surface area contributed by atoms with Crippen molar-refractivity contribution in [2.45, 2.75) is 31.6 Å². The second-order valence-corrected chi connectivity index (χ2v) is 5.68. The minimum absolute atomic E-state index is 0.0398. The van der Waals surface area contributed by atoms with Gasteiger partial charge in [0.15, 0.2) is 0 Å². The fraction of sp³-hybridized carbons (Fsp3) is 0.600. The van der Waals surface area contributed by atoms with Crippen LogP contribution in [0.25, 0.3) is 0 Å². The lowest BCUT2D eigenvalue weighted by atomic mass is 10.1. The van der Waals surface area contributed by atoms with Crippen molar-refractivity contribution in [1.82, 2.24) is 4.72 Å². The Morgan fingerprint density at radius 1 is 1.35 bits per heavy atom. The van der Waals surface area contributed by atoms with Gasteiger partial charge in [0.1, 0.15) is 12.4 Å². The molecule has 0 saturated heterocycles. The highest BCUT2D eigenvalue weighted by molar-refractivity contribution is 7.89. The van der Waals surface area contributed by atoms with Crippen molar-refractivity contribution in [2.75, 3.05) is 6.61 Å². The molecule has 1 rings (SSSR count). The summed E-state index contributed by atoms with van der Waals surface area (Å²) < 4.78 is 31.0. The molecule has 0 aliphatic carbocycles. The van der Waals surface area contributed by atoms with Crippen LogP contribution in [0.5, 0.6) is 0 Å². The van der Waals surface area contributed by atoms with E-state index in [0.29, 0.717) is 0 Å². The Morgan fingerprint density at radius 2 is 2.00 bits per heavy atom. The Balaban J connectivity index is 2.88. The minimum atomic E-state index is -3.79. The molecule has 98 valence electrons. The van der Waals surface area contributed by atoms with Gasteiger partial charge in [-0.1, -0.05) is 13.8 Å². The fourth-order valence-corrected chi connectivity index (χ4v) is 2.55. The van der Waals surface area contributed by atoms with Gasteiger partial charge in [-0.15, -0.1) is 0 Å². The van der Waals surface area contributed by atoms with Crippen LogP contribution in [0.3, 0.4) is 0 Å². The van der Waals surface area contributed by atoms with Gasteiger partial charge in [-0.25, -0.2) is 13.1 Å². The average molecular weight is 263 g/mol. The summed E-state index contributed by atoms with van der Waals surface area (Å²) >= 11 is 0. The number of nitrogens with one attached hydrogen (secondary N) is 1. The van der Waals surface area contributed by atoms with Crippen molar-refractivity contribution in [3.63, 3.8) is 0 Å². The van der Waals surface area contributed by atoms with Crippen LogP contribution in [0, 0.1) is 5.92 Å². The lowest BCUT2D eigenvalue weighted by Gasteiger charge is -2.18. The molecule has 3 N–H and O–H groups in total. The first kappa shape index (κ1) is 14.2. The SMILES string of the molecule is CC(C)C(CO)NS(=O)(=O)c1ccc(CO)o1. The molecule has 0 spiro atoms. The molecule has 0 radical (unpaired) electrons. The summed E-state index contributed by atoms with van der Waals surface area (Å²) in [4.78, 5) is 0. The predicted molar refractivity (Wildman–Crippen MR) is 60.7 cm³/mol. The van der Waals surface area contributed by atoms with E-state index in [1.165, 1.54) is 12.1 Å². The first-order valence-electron chi connectivity index (χ1n) is 5.23. The monoisotopic (exact) mass is 263 g/mol. The molecule has 1 aromatic rings. The smallest absolute Gasteiger partial charge is 0.274 e. The molecule has 7 heteroatoms. The number of rotatable bonds is 6. The van der Waals surface area contributed by atoms with E-state index in [4.69, 9.17) is 14.6 Å². The van der Waals surface area contributed by atoms with Gasteiger partial charge in [0, 0.05) is 6.04 Å². The van der Waals surface area contributed by atoms with E-state index in [1.807, 2.05) is 0 Å². The summed E-state index contributed by atoms with van der Waals surface area (Å²) in [6.07, 6.45) is 0. The van der Waals surface area contributed by atoms with Crippen LogP contribution in [-0.4, -0.2) is 31.3 Å². The number of furan rings is 1. The molecular weight excluding hydrogens is 246 g/mol. The molecular formula is C10H17NO5S. The van der Waals surface area contributed by atoms with Crippen molar-refractivity contribution in [3.8, 4) is 0 Å². The summed E-state index contributed by atoms with van der Waals surface area (Å²) in [5.41, 5.74) is 0. The van der Waals surface area contributed by atoms with Crippen LogP contribution in [-0.2, 0) is 16.6 Å². The number of sulfonamides is 1. The predicted octanol–water partition coefficient (Wildman–Crippen LogP) is 0.0671. The highest BCUT2D eigenvalue weighted by Gasteiger charge is 2.24. The summed E-state index contributed by atoms with van der Waals surface area (Å²) in [6, 6.07) is 2.09. The zero-order valence-electron chi connectivity index (χ0n) is 9.75. The van der Waals surface area contributed by atoms with E-state index in [-0.39, 0.29) is 30.0 Å². The highest BCUT2D eigenvalue weighted by Crippen LogP contribution is 2.15. The number of hydrogen-bond donors (Lipinski definition) is 3. The van der Waals surface area contributed by atoms with E-state index in [1.54, 1.807) is 13.8 Å². The van der Waals surface area contributed by atoms with Crippen molar-refractivity contribution >= 4 is 10.0 Å². The lowest BCUT2D eigenvalue weighted by Crippen LogP contribution is -2.40. The first-order chi connectivity index (χ1) is 7.90. The van der Waals surface area contributed by atoms with Gasteiger partial charge in [-0.3, -0.25) is 0 Å². The third kappa shape index (κ3) is 3.53. The molecule has 0 fully saturated rings. The van der Waals surface area contributed by atoms with Gasteiger partial charge in [-0.2, -0.15) is 0 Å². The maximum atomic E-state index is 11.8. The normalized spacial score (nSPS) is 14.2. The molecule has 0 bridgehead atoms. The number of aliphatic hydroxyl groups excluding tert-OH is 2. The van der Waals surface area contributed by atoms with Gasteiger partial charge in [-0.05, 0) is 18.1 Å². The van der Waals surface area contributed by atoms with Crippen molar-refractivity contribution in [2.24, 2.45) is 5.92 Å². The van der Waals surface area contributed by atoms with Gasteiger partial charge >= 0.3 is 0 Å². The molecule has 0 saturated carbocycles. The van der Waals surface area contributed by atoms with E-state index >= 15 is 0 Å². The fourth-order valence-electron chi connectivity index (χ4n) is 1.23. The third-order valence-corrected chi connectivity index (χ3v) is 3.73. The van der Waals surface area contributed by atoms with E-state index in [2.05, 4.69) is 4.72 Å². The third-order valence-electron chi connectivity index (χ3n) is 2.37. The number of hydrogen-bond acceptors (Lipinski definition) is 5. The average Bonchev–Trinajstić information content (AvgIpc) is 2.74. The Morgan fingerprint density at radius 3 is 2.41 bits per heavy atom. The van der Waals surface area contributed by atoms with Crippen LogP contribution < -0.4 is 4.72 Å². The van der Waals surface area contributed by atoms with Crippen LogP contribution >= 0.6 is 0 Å². The maximum absolute atomic E-state index is 11.8. The largest absolute Gasteiger partial charge is 0.446 e. The first-order valence-corrected chi connectivity index (χ1v) is 6.71. The Labute approximate surface area is 100 Å². The maximum Gasteiger partial charge on any atom is 0.274 e. The van der Waals surface area contributed by atoms with E-state index in [9.17, 15) is 8.42 Å². The minimum Gasteiger partial charge on any atom is -0.446 e. The Hall–Kier alpha value is -0.890. The van der Waals surface area contributed by atoms with Crippen molar-refractivity contribution in [3.05, 3.63) is 17.9 Å². The molecule has 0 aliphatic heterocycles. The lowest BCUT2D eigenvalue weighted by molar-refractivity contribution is 0.224. The zero-order valence-corrected chi connectivity index (χ0v) is 10.6. The van der Waals surface area contributed by atoms with Crippen LogP contribution in [0.15, 0.2) is 21.6 Å². The van der Waals surface area contributed by atoms with Crippen molar-refractivity contribution < 1.29 is 23.0 Å². The Kier molecular flexibility index (Phi) is 4.70. The second kappa shape index (κ2) is 5.63. The number of aliphatic hydroxyl groups is 2. The van der Waals surface area contributed by atoms with Crippen molar-refractivity contribution in [1.29, 1.82) is 0 Å². The zero-order chi connectivity index (χ0) is 13.1. The molecule has 1 heterocycles. The standard InChI is InChI=1S/C10H17NO5S/c1-7(2)9(6-13)11-17(14,15)10-4-3-8(5-12)16-10/h3-4,7,9,11-13H,5-6H2,1-2H3. The summed E-state index contributed by atoms with van der Waals surface area (Å²) in [5, 5.41) is 17.6. The summed E-state index contributed by atoms with van der Waals surface area (Å²) in [5.74, 6) is 0.137. The summed E-state index contributed by atoms with van der Waals surface area (Å²) in [7, 11) is -3.79. The molecule has 1 atom stereocenters. The molecule has 0 aliphatic rings. The van der Waals surface area contributed by atoms with Crippen LogP contribution in [0.2, 0.25) is 0 Å². The van der Waals surface area contributed by atoms with Gasteiger partial charge in [0.05, 0.1) is 6.61 Å². The molecule has 6 nitrogen and oxygen atoms in total. The van der Waals surface area contributed by atoms with Gasteiger partial charge in [0.25, 0.3) is 10.0 Å². The van der Waals surface area contributed by atoms with Gasteiger partial charge in [0.2, 0.25) is 5.09 Å². The highest BCUT2D eigenvalue weighted by atomic mass is 32.2. The van der Waals surface area contributed by atoms with E-state index in [0.717, 1.165) is 0 Å². The Bertz CT molecular complexity index is 451. The summed E-state index contributed by atoms with van der Waals surface area (Å²) in [6.45, 7) is 2.95. The quantitative estimate of drug-likeness (QED) is 0.674. The second-order valence-electron chi connectivity index (χ2n) is 4.03. The molecule has 0 amide bonds. The molecule has 17 heavy (non-hydrogen) atoms. The van der Waals surface area contributed by atoms with Gasteiger partial charge < -0.3 is 14.6 Å². The van der Waals surface area contributed by atoms with E-state index < -0.39 is 16.1 Å².